The summed E-state index contributed by atoms with van der Waals surface area (Å²) in [7, 11) is 3.75. The number of likely N-dealkylation sites (tertiary alicyclic amines) is 1. The van der Waals surface area contributed by atoms with E-state index in [1.54, 1.807) is 37.8 Å². The first-order valence-electron chi connectivity index (χ1n) is 17.0. The Kier molecular flexibility index (Phi) is 10.7. The number of fused-ring (bicyclic) bond motifs is 1. The standard InChI is InChI=1S/C39H48N6O5/c1-24(2)33(45(38(49)50)39(3,4)5)36(47)40-28-17-15-25(16-18-28)31-23-27-22-29(19-20-30(27)42-31)41-35(46)32-14-11-21-44(32)37(48)34(43(6)7)26-12-9-8-10-13-26/h8-10,12-13,15-20,22-24,32-34,42H,11,14,21H2,1-7H3,(H,40,47)(H,41,46)(H,49,50)/t32-,33-,34-/m1/s1. The van der Waals surface area contributed by atoms with E-state index < -0.39 is 29.8 Å². The van der Waals surface area contributed by atoms with Crippen LogP contribution in [0.3, 0.4) is 0 Å². The van der Waals surface area contributed by atoms with Gasteiger partial charge in [-0.1, -0.05) is 56.3 Å². The van der Waals surface area contributed by atoms with Crippen molar-refractivity contribution in [2.24, 2.45) is 5.92 Å². The van der Waals surface area contributed by atoms with Crippen LogP contribution < -0.4 is 10.6 Å². The van der Waals surface area contributed by atoms with E-state index in [2.05, 4.69) is 15.6 Å². The van der Waals surface area contributed by atoms with E-state index in [0.717, 1.165) is 34.1 Å². The largest absolute Gasteiger partial charge is 0.465 e. The van der Waals surface area contributed by atoms with Crippen LogP contribution in [0.25, 0.3) is 22.2 Å². The molecule has 11 nitrogen and oxygen atoms in total. The van der Waals surface area contributed by atoms with Gasteiger partial charge in [-0.25, -0.2) is 4.79 Å². The summed E-state index contributed by atoms with van der Waals surface area (Å²) in [6.07, 6.45) is 0.222. The third-order valence-corrected chi connectivity index (χ3v) is 9.16. The van der Waals surface area contributed by atoms with Crippen molar-refractivity contribution in [3.63, 3.8) is 0 Å². The van der Waals surface area contributed by atoms with Crippen LogP contribution in [0, 0.1) is 5.92 Å². The summed E-state index contributed by atoms with van der Waals surface area (Å²) in [5.41, 5.74) is 3.97. The molecule has 0 saturated carbocycles. The molecule has 264 valence electrons. The van der Waals surface area contributed by atoms with E-state index in [9.17, 15) is 24.3 Å². The summed E-state index contributed by atoms with van der Waals surface area (Å²) in [6, 6.07) is 22.7. The lowest BCUT2D eigenvalue weighted by atomic mass is 9.95. The van der Waals surface area contributed by atoms with Crippen LogP contribution >= 0.6 is 0 Å². The molecule has 0 radical (unpaired) electrons. The monoisotopic (exact) mass is 680 g/mol. The summed E-state index contributed by atoms with van der Waals surface area (Å²) in [4.78, 5) is 60.9. The highest BCUT2D eigenvalue weighted by Gasteiger charge is 2.40. The topological polar surface area (TPSA) is 138 Å². The van der Waals surface area contributed by atoms with Crippen LogP contribution in [0.4, 0.5) is 16.2 Å². The number of nitrogens with one attached hydrogen (secondary N) is 3. The molecule has 11 heteroatoms. The first-order chi connectivity index (χ1) is 23.6. The van der Waals surface area contributed by atoms with E-state index in [-0.39, 0.29) is 23.6 Å². The fraction of sp³-hybridized carbons (Fsp3) is 0.385. The van der Waals surface area contributed by atoms with Crippen molar-refractivity contribution in [2.45, 2.75) is 71.1 Å². The van der Waals surface area contributed by atoms with Crippen LogP contribution in [0.5, 0.6) is 0 Å². The maximum Gasteiger partial charge on any atom is 0.408 e. The molecule has 0 unspecified atom stereocenters. The van der Waals surface area contributed by atoms with Crippen LogP contribution in [0.15, 0.2) is 78.9 Å². The summed E-state index contributed by atoms with van der Waals surface area (Å²) in [5.74, 6) is -0.908. The number of carboxylic acid groups (broad SMARTS) is 1. The lowest BCUT2D eigenvalue weighted by Crippen LogP contribution is -2.57. The molecule has 1 aliphatic rings. The molecule has 0 spiro atoms. The lowest BCUT2D eigenvalue weighted by Gasteiger charge is -2.40. The number of anilines is 2. The maximum atomic E-state index is 13.7. The van der Waals surface area contributed by atoms with Gasteiger partial charge in [-0.05, 0) is 101 Å². The van der Waals surface area contributed by atoms with Gasteiger partial charge in [0.2, 0.25) is 17.7 Å². The van der Waals surface area contributed by atoms with Crippen LogP contribution in [0.2, 0.25) is 0 Å². The quantitative estimate of drug-likeness (QED) is 0.145. The number of nitrogens with zero attached hydrogens (tertiary/aromatic N) is 3. The van der Waals surface area contributed by atoms with Crippen molar-refractivity contribution in [3.05, 3.63) is 84.4 Å². The zero-order valence-corrected chi connectivity index (χ0v) is 29.9. The van der Waals surface area contributed by atoms with Crippen molar-refractivity contribution >= 4 is 46.1 Å². The molecule has 0 aliphatic carbocycles. The number of aromatic nitrogens is 1. The molecular weight excluding hydrogens is 632 g/mol. The summed E-state index contributed by atoms with van der Waals surface area (Å²) in [5, 5.41) is 16.7. The Morgan fingerprint density at radius 1 is 0.900 bits per heavy atom. The first-order valence-corrected chi connectivity index (χ1v) is 17.0. The molecule has 2 heterocycles. The van der Waals surface area contributed by atoms with Crippen molar-refractivity contribution in [2.75, 3.05) is 31.3 Å². The predicted octanol–water partition coefficient (Wildman–Crippen LogP) is 6.81. The molecule has 0 bridgehead atoms. The minimum atomic E-state index is -1.14. The van der Waals surface area contributed by atoms with Gasteiger partial charge in [0.05, 0.1) is 0 Å². The zero-order chi connectivity index (χ0) is 36.3. The second kappa shape index (κ2) is 14.8. The smallest absolute Gasteiger partial charge is 0.408 e. The Bertz CT molecular complexity index is 1840. The van der Waals surface area contributed by atoms with Gasteiger partial charge in [-0.2, -0.15) is 0 Å². The number of aromatic amines is 1. The van der Waals surface area contributed by atoms with Gasteiger partial charge in [0.25, 0.3) is 0 Å². The SMILES string of the molecule is CC(C)[C@H](C(=O)Nc1ccc(-c2cc3cc(NC(=O)[C@H]4CCCN4C(=O)[C@@H](c4ccccc4)N(C)C)ccc3[nH]2)cc1)N(C(=O)O)C(C)(C)C. The van der Waals surface area contributed by atoms with Gasteiger partial charge in [-0.15, -0.1) is 0 Å². The second-order valence-corrected chi connectivity index (χ2v) is 14.5. The molecule has 3 atom stereocenters. The number of benzene rings is 3. The van der Waals surface area contributed by atoms with Gasteiger partial charge in [-0.3, -0.25) is 24.2 Å². The molecule has 4 N–H and O–H groups in total. The third-order valence-electron chi connectivity index (χ3n) is 9.16. The minimum Gasteiger partial charge on any atom is -0.465 e. The Morgan fingerprint density at radius 2 is 1.56 bits per heavy atom. The summed E-state index contributed by atoms with van der Waals surface area (Å²) in [6.45, 7) is 9.52. The van der Waals surface area contributed by atoms with Gasteiger partial charge in [0, 0.05) is 40.1 Å². The average Bonchev–Trinajstić information content (AvgIpc) is 3.71. The van der Waals surface area contributed by atoms with Crippen LogP contribution in [0.1, 0.15) is 59.1 Å². The number of hydrogen-bond donors (Lipinski definition) is 4. The van der Waals surface area contributed by atoms with E-state index in [1.807, 2.05) is 99.6 Å². The number of amides is 4. The zero-order valence-electron chi connectivity index (χ0n) is 29.9. The average molecular weight is 681 g/mol. The van der Waals surface area contributed by atoms with Crippen LogP contribution in [-0.2, 0) is 14.4 Å². The second-order valence-electron chi connectivity index (χ2n) is 14.5. The molecule has 1 aromatic heterocycles. The Hall–Kier alpha value is -5.16. The highest BCUT2D eigenvalue weighted by atomic mass is 16.4. The van der Waals surface area contributed by atoms with Crippen molar-refractivity contribution in [3.8, 4) is 11.3 Å². The first kappa shape index (κ1) is 36.1. The lowest BCUT2D eigenvalue weighted by molar-refractivity contribution is -0.140. The molecular formula is C39H48N6O5. The maximum absolute atomic E-state index is 13.7. The van der Waals surface area contributed by atoms with Crippen molar-refractivity contribution in [1.29, 1.82) is 0 Å². The van der Waals surface area contributed by atoms with Gasteiger partial charge >= 0.3 is 6.09 Å². The summed E-state index contributed by atoms with van der Waals surface area (Å²) >= 11 is 0. The number of hydrogen-bond acceptors (Lipinski definition) is 5. The molecule has 50 heavy (non-hydrogen) atoms. The number of likely N-dealkylation sites (N-methyl/N-ethyl adjacent to an activating group) is 1. The molecule has 4 aromatic rings. The van der Waals surface area contributed by atoms with Gasteiger partial charge < -0.3 is 25.6 Å². The fourth-order valence-electron chi connectivity index (χ4n) is 6.84. The fourth-order valence-corrected chi connectivity index (χ4v) is 6.84. The highest BCUT2D eigenvalue weighted by molar-refractivity contribution is 6.00. The van der Waals surface area contributed by atoms with E-state index in [0.29, 0.717) is 24.3 Å². The van der Waals surface area contributed by atoms with Crippen molar-refractivity contribution < 1.29 is 24.3 Å². The predicted molar refractivity (Wildman–Crippen MR) is 197 cm³/mol. The Morgan fingerprint density at radius 3 is 2.16 bits per heavy atom. The van der Waals surface area contributed by atoms with Gasteiger partial charge in [0.1, 0.15) is 18.1 Å². The van der Waals surface area contributed by atoms with Crippen molar-refractivity contribution in [1.82, 2.24) is 19.7 Å². The molecule has 1 aliphatic heterocycles. The van der Waals surface area contributed by atoms with E-state index in [1.165, 1.54) is 4.90 Å². The summed E-state index contributed by atoms with van der Waals surface area (Å²) < 4.78 is 0. The van der Waals surface area contributed by atoms with Crippen LogP contribution in [-0.4, -0.2) is 86.9 Å². The third kappa shape index (κ3) is 7.83. The molecule has 4 amide bonds. The normalized spacial score (nSPS) is 16.0. The highest BCUT2D eigenvalue weighted by Crippen LogP contribution is 2.30. The molecule has 3 aromatic carbocycles. The number of H-pyrrole nitrogens is 1. The molecule has 1 saturated heterocycles. The van der Waals surface area contributed by atoms with E-state index in [4.69, 9.17) is 0 Å². The Balaban J connectivity index is 1.27. The Labute approximate surface area is 293 Å². The minimum absolute atomic E-state index is 0.0814. The van der Waals surface area contributed by atoms with E-state index >= 15 is 0 Å². The molecule has 5 rings (SSSR count). The number of carbonyl (C=O) groups excluding carboxylic acids is 3. The molecule has 1 fully saturated rings. The number of carbonyl (C=O) groups is 4. The number of rotatable bonds is 10. The van der Waals surface area contributed by atoms with Gasteiger partial charge in [0.15, 0.2) is 0 Å².